The van der Waals surface area contributed by atoms with E-state index in [4.69, 9.17) is 35.3 Å². The second-order valence-corrected chi connectivity index (χ2v) is 12.2. The van der Waals surface area contributed by atoms with Gasteiger partial charge in [0.1, 0.15) is 11.3 Å². The molecule has 4 fully saturated rings. The molecular weight excluding hydrogens is 576 g/mol. The van der Waals surface area contributed by atoms with Crippen LogP contribution < -0.4 is 4.90 Å². The fraction of sp³-hybridized carbons (Fsp3) is 0.667. The number of rotatable bonds is 8. The summed E-state index contributed by atoms with van der Waals surface area (Å²) < 4.78 is 31.0. The number of aliphatic carboxylic acids is 2. The second-order valence-electron chi connectivity index (χ2n) is 11.8. The summed E-state index contributed by atoms with van der Waals surface area (Å²) in [6.07, 6.45) is -0.230. The van der Waals surface area contributed by atoms with Crippen molar-refractivity contribution in [1.29, 1.82) is 0 Å². The molecule has 1 aliphatic carbocycles. The van der Waals surface area contributed by atoms with Gasteiger partial charge in [-0.1, -0.05) is 18.0 Å². The van der Waals surface area contributed by atoms with E-state index in [1.165, 1.54) is 30.9 Å². The normalized spacial score (nSPS) is 31.8. The van der Waals surface area contributed by atoms with Crippen LogP contribution in [0.1, 0.15) is 46.3 Å². The van der Waals surface area contributed by atoms with E-state index >= 15 is 0 Å². The number of pyridine rings is 1. The van der Waals surface area contributed by atoms with Gasteiger partial charge in [-0.05, 0) is 44.6 Å². The molecule has 4 aliphatic rings. The molecule has 0 amide bonds. The second kappa shape index (κ2) is 10.6. The fourth-order valence-electron chi connectivity index (χ4n) is 6.87. The van der Waals surface area contributed by atoms with E-state index in [2.05, 4.69) is 15.0 Å². The van der Waals surface area contributed by atoms with Crippen molar-refractivity contribution in [2.45, 2.75) is 76.0 Å². The molecule has 5 heterocycles. The molecule has 0 bridgehead atoms. The van der Waals surface area contributed by atoms with Gasteiger partial charge in [-0.2, -0.15) is 5.10 Å². The Balaban J connectivity index is 1.39. The van der Waals surface area contributed by atoms with Crippen LogP contribution in [0.25, 0.3) is 11.0 Å². The number of aromatic nitrogens is 3. The molecule has 3 saturated heterocycles. The number of nitrogens with zero attached hydrogens (tertiary/aromatic N) is 4. The number of carboxylic acids is 2. The highest BCUT2D eigenvalue weighted by Gasteiger charge is 2.66. The van der Waals surface area contributed by atoms with E-state index in [0.29, 0.717) is 17.5 Å². The summed E-state index contributed by atoms with van der Waals surface area (Å²) in [7, 11) is 0. The van der Waals surface area contributed by atoms with Gasteiger partial charge in [-0.25, -0.2) is 19.3 Å². The lowest BCUT2D eigenvalue weighted by Crippen LogP contribution is -2.54. The first-order valence-electron chi connectivity index (χ1n) is 13.9. The molecule has 1 spiro atoms. The molecule has 3 aliphatic heterocycles. The summed E-state index contributed by atoms with van der Waals surface area (Å²) in [4.78, 5) is 42.2. The number of carboxylic acid groups (broad SMARTS) is 2. The third-order valence-corrected chi connectivity index (χ3v) is 8.84. The average molecular weight is 609 g/mol. The van der Waals surface area contributed by atoms with Gasteiger partial charge in [0.05, 0.1) is 30.5 Å². The van der Waals surface area contributed by atoms with Crippen molar-refractivity contribution in [3.63, 3.8) is 0 Å². The van der Waals surface area contributed by atoms with Gasteiger partial charge in [0.25, 0.3) is 6.10 Å². The van der Waals surface area contributed by atoms with Crippen molar-refractivity contribution in [2.75, 3.05) is 31.2 Å². The number of ether oxygens (including phenoxy) is 5. The highest BCUT2D eigenvalue weighted by atomic mass is 35.5. The Labute approximate surface area is 245 Å². The predicted octanol–water partition coefficient (Wildman–Crippen LogP) is 2.23. The molecule has 2 N–H and O–H groups in total. The summed E-state index contributed by atoms with van der Waals surface area (Å²) in [5, 5.41) is 24.2. The first kappa shape index (κ1) is 29.1. The standard InChI is InChI=1S/C27H33ClN4O10/c1-13(33)40-21-23(41-18(11-38-20(24(34)35)25(36)37)27(21)12-39-26(2,3)42-27)32-22-16(8-29-32)17(7-19(28)30-22)31-9-14-5-4-6-15(14)10-31/h7-8,14-15,18,20-21,23H,4-6,9-12H2,1-3H3,(H,34,35)(H,36,37)/t14-,15+,18-,21+,23-,27?/m1/s1. The molecular formula is C27H33ClN4O10. The molecule has 2 aromatic rings. The first-order valence-corrected chi connectivity index (χ1v) is 14.3. The Morgan fingerprint density at radius 2 is 1.88 bits per heavy atom. The Hall–Kier alpha value is -3.04. The third-order valence-electron chi connectivity index (χ3n) is 8.65. The van der Waals surface area contributed by atoms with Gasteiger partial charge in [0.15, 0.2) is 29.4 Å². The van der Waals surface area contributed by atoms with Crippen molar-refractivity contribution in [3.05, 3.63) is 17.4 Å². The van der Waals surface area contributed by atoms with Gasteiger partial charge in [0.2, 0.25) is 0 Å². The highest BCUT2D eigenvalue weighted by Crippen LogP contribution is 2.49. The van der Waals surface area contributed by atoms with Crippen molar-refractivity contribution in [1.82, 2.24) is 14.8 Å². The van der Waals surface area contributed by atoms with Crippen LogP contribution in [0, 0.1) is 11.8 Å². The van der Waals surface area contributed by atoms with Crippen LogP contribution in [0.4, 0.5) is 5.69 Å². The number of carbonyl (C=O) groups excluding carboxylic acids is 1. The number of esters is 1. The van der Waals surface area contributed by atoms with Crippen molar-refractivity contribution in [3.8, 4) is 0 Å². The van der Waals surface area contributed by atoms with Crippen molar-refractivity contribution < 1.29 is 48.3 Å². The summed E-state index contributed by atoms with van der Waals surface area (Å²) in [5.41, 5.74) is -0.205. The largest absolute Gasteiger partial charge is 0.479 e. The number of carbonyl (C=O) groups is 3. The van der Waals surface area contributed by atoms with Crippen molar-refractivity contribution >= 4 is 46.2 Å². The lowest BCUT2D eigenvalue weighted by molar-refractivity contribution is -0.203. The predicted molar refractivity (Wildman–Crippen MR) is 144 cm³/mol. The number of fused-ring (bicyclic) bond motifs is 2. The minimum atomic E-state index is -2.15. The molecule has 0 aromatic carbocycles. The van der Waals surface area contributed by atoms with Gasteiger partial charge < -0.3 is 38.8 Å². The number of anilines is 1. The topological polar surface area (TPSA) is 172 Å². The molecule has 2 aromatic heterocycles. The Kier molecular flexibility index (Phi) is 7.33. The van der Waals surface area contributed by atoms with Crippen LogP contribution >= 0.6 is 11.6 Å². The van der Waals surface area contributed by atoms with E-state index in [-0.39, 0.29) is 11.8 Å². The number of halogens is 1. The van der Waals surface area contributed by atoms with Gasteiger partial charge >= 0.3 is 17.9 Å². The minimum Gasteiger partial charge on any atom is -0.479 e. The summed E-state index contributed by atoms with van der Waals surface area (Å²) in [6, 6.07) is 1.82. The molecule has 42 heavy (non-hydrogen) atoms. The summed E-state index contributed by atoms with van der Waals surface area (Å²) >= 11 is 6.53. The van der Waals surface area contributed by atoms with Crippen LogP contribution in [-0.2, 0) is 38.1 Å². The lowest BCUT2D eigenvalue weighted by atomic mass is 9.92. The monoisotopic (exact) mass is 608 g/mol. The SMILES string of the molecule is CC(=O)O[C@H]1[C@H](n2ncc3c(N4C[C@H]5CCC[C@H]5C4)cc(Cl)nc32)O[C@H](COC(C(=O)O)C(=O)O)C12COC(C)(C)O2. The quantitative estimate of drug-likeness (QED) is 0.254. The van der Waals surface area contributed by atoms with E-state index in [1.807, 2.05) is 6.07 Å². The van der Waals surface area contributed by atoms with Crippen LogP contribution in [0.5, 0.6) is 0 Å². The maximum Gasteiger partial charge on any atom is 0.344 e. The third kappa shape index (κ3) is 4.98. The zero-order valence-electron chi connectivity index (χ0n) is 23.4. The molecule has 228 valence electrons. The molecule has 6 atom stereocenters. The Bertz CT molecular complexity index is 1390. The van der Waals surface area contributed by atoms with E-state index in [1.54, 1.807) is 20.0 Å². The number of hydrogen-bond acceptors (Lipinski definition) is 11. The lowest BCUT2D eigenvalue weighted by Gasteiger charge is -2.33. The Morgan fingerprint density at radius 3 is 2.48 bits per heavy atom. The van der Waals surface area contributed by atoms with Crippen LogP contribution in [-0.4, -0.2) is 98.9 Å². The van der Waals surface area contributed by atoms with Crippen LogP contribution in [0.2, 0.25) is 5.15 Å². The average Bonchev–Trinajstić information content (AvgIpc) is 3.69. The smallest absolute Gasteiger partial charge is 0.344 e. The molecule has 0 radical (unpaired) electrons. The van der Waals surface area contributed by atoms with Crippen LogP contribution in [0.15, 0.2) is 12.3 Å². The fourth-order valence-corrected chi connectivity index (χ4v) is 7.05. The van der Waals surface area contributed by atoms with Crippen LogP contribution in [0.3, 0.4) is 0 Å². The molecule has 15 heteroatoms. The molecule has 6 rings (SSSR count). The van der Waals surface area contributed by atoms with Gasteiger partial charge in [-0.15, -0.1) is 0 Å². The first-order chi connectivity index (χ1) is 19.9. The maximum absolute atomic E-state index is 12.4. The Morgan fingerprint density at radius 1 is 1.19 bits per heavy atom. The van der Waals surface area contributed by atoms with Gasteiger partial charge in [0, 0.05) is 20.0 Å². The van der Waals surface area contributed by atoms with E-state index in [0.717, 1.165) is 24.2 Å². The zero-order chi connectivity index (χ0) is 30.0. The molecule has 14 nitrogen and oxygen atoms in total. The highest BCUT2D eigenvalue weighted by molar-refractivity contribution is 6.30. The maximum atomic E-state index is 12.4. The summed E-state index contributed by atoms with van der Waals surface area (Å²) in [5.74, 6) is -3.86. The van der Waals surface area contributed by atoms with E-state index in [9.17, 15) is 24.6 Å². The van der Waals surface area contributed by atoms with E-state index < -0.39 is 60.4 Å². The van der Waals surface area contributed by atoms with Crippen molar-refractivity contribution in [2.24, 2.45) is 11.8 Å². The number of hydrogen-bond donors (Lipinski definition) is 2. The molecule has 1 saturated carbocycles. The van der Waals surface area contributed by atoms with Gasteiger partial charge in [-0.3, -0.25) is 4.79 Å². The summed E-state index contributed by atoms with van der Waals surface area (Å²) in [6.45, 7) is 5.75. The minimum absolute atomic E-state index is 0.123. The zero-order valence-corrected chi connectivity index (χ0v) is 24.2. The molecule has 1 unspecified atom stereocenters.